The summed E-state index contributed by atoms with van der Waals surface area (Å²) < 4.78 is 21.9. The Morgan fingerprint density at radius 1 is 0.969 bits per heavy atom. The van der Waals surface area contributed by atoms with Crippen LogP contribution in [-0.2, 0) is 6.61 Å². The van der Waals surface area contributed by atoms with Gasteiger partial charge in [0, 0.05) is 11.1 Å². The monoisotopic (exact) mass is 431 g/mol. The van der Waals surface area contributed by atoms with Gasteiger partial charge in [-0.1, -0.05) is 30.3 Å². The van der Waals surface area contributed by atoms with Crippen molar-refractivity contribution >= 4 is 6.16 Å². The Kier molecular flexibility index (Phi) is 6.07. The van der Waals surface area contributed by atoms with Crippen molar-refractivity contribution in [1.29, 1.82) is 0 Å². The highest BCUT2D eigenvalue weighted by atomic mass is 16.7. The third kappa shape index (κ3) is 4.73. The standard InChI is InChI=1S/C25H21NO6/c1-16-22(26-24(31-16)18-6-4-3-5-7-18)15-30-23-13-12-20(29-2)14-21(23)17-8-10-19(11-9-17)32-25(27)28/h3-14H,15H2,1-2H3,(H,27,28). The third-order valence-electron chi connectivity index (χ3n) is 4.84. The Hall–Kier alpha value is -4.26. The van der Waals surface area contributed by atoms with Gasteiger partial charge in [-0.05, 0) is 55.0 Å². The summed E-state index contributed by atoms with van der Waals surface area (Å²) >= 11 is 0. The maximum absolute atomic E-state index is 10.7. The molecule has 3 aromatic carbocycles. The lowest BCUT2D eigenvalue weighted by Crippen LogP contribution is -2.02. The summed E-state index contributed by atoms with van der Waals surface area (Å²) in [6, 6.07) is 21.9. The SMILES string of the molecule is COc1ccc(OCc2nc(-c3ccccc3)oc2C)c(-c2ccc(OC(=O)O)cc2)c1. The number of aryl methyl sites for hydroxylation is 1. The summed E-state index contributed by atoms with van der Waals surface area (Å²) in [5.41, 5.74) is 3.21. The Bertz CT molecular complexity index is 1220. The molecule has 0 spiro atoms. The van der Waals surface area contributed by atoms with Gasteiger partial charge in [0.2, 0.25) is 5.89 Å². The van der Waals surface area contributed by atoms with Gasteiger partial charge in [-0.15, -0.1) is 0 Å². The Balaban J connectivity index is 1.58. The van der Waals surface area contributed by atoms with Crippen LogP contribution in [-0.4, -0.2) is 23.4 Å². The van der Waals surface area contributed by atoms with E-state index in [-0.39, 0.29) is 12.4 Å². The highest BCUT2D eigenvalue weighted by Gasteiger charge is 2.14. The summed E-state index contributed by atoms with van der Waals surface area (Å²) in [6.45, 7) is 2.08. The van der Waals surface area contributed by atoms with Gasteiger partial charge in [-0.3, -0.25) is 0 Å². The van der Waals surface area contributed by atoms with Crippen LogP contribution in [0.2, 0.25) is 0 Å². The molecule has 1 N–H and O–H groups in total. The van der Waals surface area contributed by atoms with E-state index in [9.17, 15) is 4.79 Å². The van der Waals surface area contributed by atoms with Crippen molar-refractivity contribution in [3.05, 3.63) is 84.3 Å². The smallest absolute Gasteiger partial charge is 0.497 e. The first-order chi connectivity index (χ1) is 15.5. The zero-order valence-corrected chi connectivity index (χ0v) is 17.6. The quantitative estimate of drug-likeness (QED) is 0.285. The van der Waals surface area contributed by atoms with Crippen LogP contribution in [0.15, 0.2) is 77.2 Å². The molecule has 7 nitrogen and oxygen atoms in total. The van der Waals surface area contributed by atoms with E-state index >= 15 is 0 Å². The van der Waals surface area contributed by atoms with Crippen LogP contribution in [0.1, 0.15) is 11.5 Å². The van der Waals surface area contributed by atoms with Gasteiger partial charge in [0.05, 0.1) is 7.11 Å². The van der Waals surface area contributed by atoms with E-state index < -0.39 is 6.16 Å². The Morgan fingerprint density at radius 2 is 1.69 bits per heavy atom. The summed E-state index contributed by atoms with van der Waals surface area (Å²) in [5.74, 6) is 2.77. The van der Waals surface area contributed by atoms with E-state index in [2.05, 4.69) is 9.72 Å². The van der Waals surface area contributed by atoms with E-state index in [1.807, 2.05) is 55.5 Å². The van der Waals surface area contributed by atoms with Gasteiger partial charge in [-0.2, -0.15) is 0 Å². The molecule has 1 heterocycles. The number of ether oxygens (including phenoxy) is 3. The van der Waals surface area contributed by atoms with Crippen LogP contribution in [0.3, 0.4) is 0 Å². The molecule has 4 rings (SSSR count). The summed E-state index contributed by atoms with van der Waals surface area (Å²) in [4.78, 5) is 15.3. The van der Waals surface area contributed by atoms with Crippen molar-refractivity contribution < 1.29 is 28.5 Å². The average Bonchev–Trinajstić information content (AvgIpc) is 3.19. The Morgan fingerprint density at radius 3 is 2.38 bits per heavy atom. The number of methoxy groups -OCH3 is 1. The molecule has 0 amide bonds. The highest BCUT2D eigenvalue weighted by Crippen LogP contribution is 2.35. The van der Waals surface area contributed by atoms with E-state index in [0.29, 0.717) is 28.8 Å². The van der Waals surface area contributed by atoms with Crippen LogP contribution in [0.25, 0.3) is 22.6 Å². The minimum Gasteiger partial charge on any atom is -0.497 e. The minimum absolute atomic E-state index is 0.224. The Labute approximate surface area is 184 Å². The van der Waals surface area contributed by atoms with Crippen molar-refractivity contribution in [2.24, 2.45) is 0 Å². The number of carboxylic acid groups (broad SMARTS) is 1. The van der Waals surface area contributed by atoms with Gasteiger partial charge >= 0.3 is 6.16 Å². The molecule has 32 heavy (non-hydrogen) atoms. The predicted molar refractivity (Wildman–Crippen MR) is 118 cm³/mol. The molecular formula is C25H21NO6. The first kappa shape index (κ1) is 21.0. The van der Waals surface area contributed by atoms with E-state index in [0.717, 1.165) is 16.7 Å². The molecule has 0 aliphatic rings. The van der Waals surface area contributed by atoms with Crippen molar-refractivity contribution in [3.63, 3.8) is 0 Å². The van der Waals surface area contributed by atoms with Crippen molar-refractivity contribution in [2.75, 3.05) is 7.11 Å². The molecule has 162 valence electrons. The van der Waals surface area contributed by atoms with Gasteiger partial charge < -0.3 is 23.7 Å². The van der Waals surface area contributed by atoms with Gasteiger partial charge in [0.1, 0.15) is 35.3 Å². The number of hydrogen-bond donors (Lipinski definition) is 1. The van der Waals surface area contributed by atoms with E-state index in [1.165, 1.54) is 0 Å². The van der Waals surface area contributed by atoms with Crippen molar-refractivity contribution in [3.8, 4) is 39.8 Å². The van der Waals surface area contributed by atoms with Gasteiger partial charge in [0.15, 0.2) is 0 Å². The molecule has 0 unspecified atom stereocenters. The maximum Gasteiger partial charge on any atom is 0.511 e. The fraction of sp³-hybridized carbons (Fsp3) is 0.120. The second-order valence-corrected chi connectivity index (χ2v) is 6.93. The molecule has 0 radical (unpaired) electrons. The van der Waals surface area contributed by atoms with Crippen molar-refractivity contribution in [1.82, 2.24) is 4.98 Å². The number of hydrogen-bond acceptors (Lipinski definition) is 6. The molecule has 1 aromatic heterocycles. The molecule has 7 heteroatoms. The molecular weight excluding hydrogens is 410 g/mol. The molecule has 0 saturated carbocycles. The molecule has 0 saturated heterocycles. The fourth-order valence-corrected chi connectivity index (χ4v) is 3.20. The maximum atomic E-state index is 10.7. The van der Waals surface area contributed by atoms with E-state index in [1.54, 1.807) is 31.4 Å². The second-order valence-electron chi connectivity index (χ2n) is 6.93. The molecule has 0 aliphatic carbocycles. The molecule has 4 aromatic rings. The van der Waals surface area contributed by atoms with Crippen LogP contribution in [0.4, 0.5) is 4.79 Å². The number of nitrogens with zero attached hydrogens (tertiary/aromatic N) is 1. The number of benzene rings is 3. The highest BCUT2D eigenvalue weighted by molar-refractivity contribution is 5.73. The molecule has 0 aliphatic heterocycles. The summed E-state index contributed by atoms with van der Waals surface area (Å²) in [6.07, 6.45) is -1.36. The third-order valence-corrected chi connectivity index (χ3v) is 4.84. The second kappa shape index (κ2) is 9.26. The number of carbonyl (C=O) groups is 1. The van der Waals surface area contributed by atoms with Crippen LogP contribution in [0.5, 0.6) is 17.2 Å². The molecule has 0 atom stereocenters. The van der Waals surface area contributed by atoms with Gasteiger partial charge in [-0.25, -0.2) is 9.78 Å². The van der Waals surface area contributed by atoms with E-state index in [4.69, 9.17) is 19.0 Å². The summed E-state index contributed by atoms with van der Waals surface area (Å²) in [7, 11) is 1.59. The first-order valence-corrected chi connectivity index (χ1v) is 9.87. The lowest BCUT2D eigenvalue weighted by molar-refractivity contribution is 0.144. The normalized spacial score (nSPS) is 10.6. The number of oxazole rings is 1. The van der Waals surface area contributed by atoms with Crippen molar-refractivity contribution in [2.45, 2.75) is 13.5 Å². The first-order valence-electron chi connectivity index (χ1n) is 9.87. The lowest BCUT2D eigenvalue weighted by Gasteiger charge is -2.13. The zero-order valence-electron chi connectivity index (χ0n) is 17.6. The predicted octanol–water partition coefficient (Wildman–Crippen LogP) is 5.96. The zero-order chi connectivity index (χ0) is 22.5. The minimum atomic E-state index is -1.36. The summed E-state index contributed by atoms with van der Waals surface area (Å²) in [5, 5.41) is 8.77. The lowest BCUT2D eigenvalue weighted by atomic mass is 10.0. The number of rotatable bonds is 7. The molecule has 0 bridgehead atoms. The fourth-order valence-electron chi connectivity index (χ4n) is 3.20. The van der Waals surface area contributed by atoms with Crippen LogP contribution >= 0.6 is 0 Å². The molecule has 0 fully saturated rings. The average molecular weight is 431 g/mol. The van der Waals surface area contributed by atoms with Crippen LogP contribution in [0, 0.1) is 6.92 Å². The number of aromatic nitrogens is 1. The van der Waals surface area contributed by atoms with Gasteiger partial charge in [0.25, 0.3) is 0 Å². The van der Waals surface area contributed by atoms with Crippen LogP contribution < -0.4 is 14.2 Å². The topological polar surface area (TPSA) is 91.0 Å². The largest absolute Gasteiger partial charge is 0.511 e.